The number of sulfonamides is 1. The maximum atomic E-state index is 13.0. The van der Waals surface area contributed by atoms with Gasteiger partial charge < -0.3 is 9.64 Å². The minimum atomic E-state index is -3.21. The van der Waals surface area contributed by atoms with Gasteiger partial charge in [0.1, 0.15) is 5.75 Å². The van der Waals surface area contributed by atoms with Crippen molar-refractivity contribution in [3.8, 4) is 5.75 Å². The molecule has 0 aliphatic carbocycles. The van der Waals surface area contributed by atoms with E-state index in [1.54, 1.807) is 12.0 Å². The van der Waals surface area contributed by atoms with Gasteiger partial charge in [-0.1, -0.05) is 0 Å². The van der Waals surface area contributed by atoms with Crippen molar-refractivity contribution in [2.24, 2.45) is 0 Å². The molecule has 0 bridgehead atoms. The first-order valence-electron chi connectivity index (χ1n) is 8.06. The number of hydrogen-bond donors (Lipinski definition) is 0. The van der Waals surface area contributed by atoms with Crippen LogP contribution in [0, 0.1) is 20.8 Å². The first-order valence-corrected chi connectivity index (χ1v) is 9.90. The van der Waals surface area contributed by atoms with Gasteiger partial charge >= 0.3 is 0 Å². The number of hydrogen-bond acceptors (Lipinski definition) is 4. The van der Waals surface area contributed by atoms with E-state index in [2.05, 4.69) is 0 Å². The minimum Gasteiger partial charge on any atom is -0.496 e. The molecule has 1 amide bonds. The number of ether oxygens (including phenoxy) is 1. The molecule has 0 saturated carbocycles. The predicted molar refractivity (Wildman–Crippen MR) is 94.1 cm³/mol. The Morgan fingerprint density at radius 3 is 2.33 bits per heavy atom. The van der Waals surface area contributed by atoms with Crippen LogP contribution < -0.4 is 4.74 Å². The van der Waals surface area contributed by atoms with Gasteiger partial charge in [0, 0.05) is 31.7 Å². The van der Waals surface area contributed by atoms with Gasteiger partial charge in [-0.25, -0.2) is 12.7 Å². The van der Waals surface area contributed by atoms with Crippen LogP contribution in [0.3, 0.4) is 0 Å². The quantitative estimate of drug-likeness (QED) is 0.829. The van der Waals surface area contributed by atoms with Gasteiger partial charge in [-0.15, -0.1) is 0 Å². The fourth-order valence-electron chi connectivity index (χ4n) is 3.19. The summed E-state index contributed by atoms with van der Waals surface area (Å²) >= 11 is 0. The molecule has 1 fully saturated rings. The summed E-state index contributed by atoms with van der Waals surface area (Å²) in [5.41, 5.74) is 3.47. The van der Waals surface area contributed by atoms with Crippen LogP contribution in [-0.4, -0.2) is 63.1 Å². The zero-order valence-corrected chi connectivity index (χ0v) is 15.9. The van der Waals surface area contributed by atoms with Gasteiger partial charge in [-0.2, -0.15) is 0 Å². The van der Waals surface area contributed by atoms with Gasteiger partial charge in [-0.05, 0) is 49.9 Å². The Morgan fingerprint density at radius 1 is 1.08 bits per heavy atom. The van der Waals surface area contributed by atoms with Crippen LogP contribution in [0.1, 0.15) is 33.5 Å². The summed E-state index contributed by atoms with van der Waals surface area (Å²) in [7, 11) is -1.58. The van der Waals surface area contributed by atoms with E-state index in [-0.39, 0.29) is 5.91 Å². The molecule has 0 atom stereocenters. The number of amides is 1. The van der Waals surface area contributed by atoms with Crippen molar-refractivity contribution in [3.63, 3.8) is 0 Å². The maximum absolute atomic E-state index is 13.0. The molecule has 0 aromatic heterocycles. The minimum absolute atomic E-state index is 0.0447. The first-order chi connectivity index (χ1) is 11.2. The molecule has 0 spiro atoms. The Labute approximate surface area is 144 Å². The average Bonchev–Trinajstić information content (AvgIpc) is 2.76. The third-order valence-corrected chi connectivity index (χ3v) is 5.97. The molecule has 1 aliphatic rings. The molecule has 1 aromatic carbocycles. The van der Waals surface area contributed by atoms with Crippen LogP contribution in [-0.2, 0) is 10.0 Å². The van der Waals surface area contributed by atoms with Gasteiger partial charge in [0.05, 0.1) is 13.4 Å². The summed E-state index contributed by atoms with van der Waals surface area (Å²) in [6, 6.07) is 1.86. The zero-order valence-electron chi connectivity index (χ0n) is 15.0. The lowest BCUT2D eigenvalue weighted by molar-refractivity contribution is 0.0763. The Hall–Kier alpha value is -1.60. The van der Waals surface area contributed by atoms with Crippen LogP contribution in [0.5, 0.6) is 5.75 Å². The lowest BCUT2D eigenvalue weighted by atomic mass is 9.97. The van der Waals surface area contributed by atoms with Gasteiger partial charge in [-0.3, -0.25) is 4.79 Å². The third kappa shape index (κ3) is 3.72. The number of benzene rings is 1. The second-order valence-electron chi connectivity index (χ2n) is 6.33. The smallest absolute Gasteiger partial charge is 0.254 e. The molecule has 7 heteroatoms. The highest BCUT2D eigenvalue weighted by Crippen LogP contribution is 2.29. The summed E-state index contributed by atoms with van der Waals surface area (Å²) in [6.07, 6.45) is 1.86. The van der Waals surface area contributed by atoms with Crippen LogP contribution in [0.25, 0.3) is 0 Å². The van der Waals surface area contributed by atoms with Crippen LogP contribution >= 0.6 is 0 Å². The number of rotatable bonds is 3. The molecule has 1 aromatic rings. The number of carbonyl (C=O) groups excluding carboxylic acids is 1. The molecule has 0 N–H and O–H groups in total. The van der Waals surface area contributed by atoms with Gasteiger partial charge in [0.2, 0.25) is 10.0 Å². The van der Waals surface area contributed by atoms with Crippen molar-refractivity contribution in [2.75, 3.05) is 39.5 Å². The summed E-state index contributed by atoms with van der Waals surface area (Å²) in [4.78, 5) is 14.7. The first kappa shape index (κ1) is 18.7. The van der Waals surface area contributed by atoms with E-state index < -0.39 is 10.0 Å². The van der Waals surface area contributed by atoms with Crippen LogP contribution in [0.2, 0.25) is 0 Å². The molecule has 24 heavy (non-hydrogen) atoms. The van der Waals surface area contributed by atoms with E-state index in [0.29, 0.717) is 38.2 Å². The van der Waals surface area contributed by atoms with Crippen molar-refractivity contribution in [1.82, 2.24) is 9.21 Å². The number of methoxy groups -OCH3 is 1. The Morgan fingerprint density at radius 2 is 1.75 bits per heavy atom. The van der Waals surface area contributed by atoms with Crippen molar-refractivity contribution in [3.05, 3.63) is 28.3 Å². The molecule has 0 unspecified atom stereocenters. The van der Waals surface area contributed by atoms with Crippen molar-refractivity contribution in [1.29, 1.82) is 0 Å². The third-order valence-electron chi connectivity index (χ3n) is 4.67. The van der Waals surface area contributed by atoms with E-state index >= 15 is 0 Å². The lowest BCUT2D eigenvalue weighted by Crippen LogP contribution is -2.37. The predicted octanol–water partition coefficient (Wildman–Crippen LogP) is 1.73. The highest BCUT2D eigenvalue weighted by Gasteiger charge is 2.26. The van der Waals surface area contributed by atoms with Crippen molar-refractivity contribution in [2.45, 2.75) is 27.2 Å². The number of aryl methyl sites for hydroxylation is 1. The standard InChI is InChI=1S/C17H26N2O4S/c1-12-11-15(13(2)14(3)16(12)23-4)17(20)18-7-6-8-19(10-9-18)24(5,21)22/h11H,6-10H2,1-5H3. The molecular formula is C17H26N2O4S. The van der Waals surface area contributed by atoms with Gasteiger partial charge in [0.15, 0.2) is 0 Å². The summed E-state index contributed by atoms with van der Waals surface area (Å²) < 4.78 is 30.3. The molecule has 0 radical (unpaired) electrons. The SMILES string of the molecule is COc1c(C)cc(C(=O)N2CCCN(S(C)(=O)=O)CC2)c(C)c1C. The second-order valence-corrected chi connectivity index (χ2v) is 8.31. The lowest BCUT2D eigenvalue weighted by Gasteiger charge is -2.23. The summed E-state index contributed by atoms with van der Waals surface area (Å²) in [5, 5.41) is 0. The van der Waals surface area contributed by atoms with E-state index in [1.807, 2.05) is 26.8 Å². The Balaban J connectivity index is 2.27. The highest BCUT2D eigenvalue weighted by atomic mass is 32.2. The van der Waals surface area contributed by atoms with E-state index in [0.717, 1.165) is 22.4 Å². The van der Waals surface area contributed by atoms with Crippen molar-refractivity contribution < 1.29 is 17.9 Å². The fourth-order valence-corrected chi connectivity index (χ4v) is 4.07. The molecule has 134 valence electrons. The molecule has 1 heterocycles. The zero-order chi connectivity index (χ0) is 18.1. The number of carbonyl (C=O) groups is 1. The topological polar surface area (TPSA) is 66.9 Å². The van der Waals surface area contributed by atoms with E-state index in [9.17, 15) is 13.2 Å². The van der Waals surface area contributed by atoms with Crippen molar-refractivity contribution >= 4 is 15.9 Å². The molecule has 2 rings (SSSR count). The second kappa shape index (κ2) is 7.11. The van der Waals surface area contributed by atoms with Gasteiger partial charge in [0.25, 0.3) is 5.91 Å². The normalized spacial score (nSPS) is 16.8. The largest absolute Gasteiger partial charge is 0.496 e. The highest BCUT2D eigenvalue weighted by molar-refractivity contribution is 7.88. The summed E-state index contributed by atoms with van der Waals surface area (Å²) in [5.74, 6) is 0.764. The fraction of sp³-hybridized carbons (Fsp3) is 0.588. The molecule has 1 saturated heterocycles. The monoisotopic (exact) mass is 354 g/mol. The number of nitrogens with zero attached hydrogens (tertiary/aromatic N) is 2. The van der Waals surface area contributed by atoms with Crippen LogP contribution in [0.15, 0.2) is 6.07 Å². The Kier molecular flexibility index (Phi) is 5.55. The summed E-state index contributed by atoms with van der Waals surface area (Å²) in [6.45, 7) is 7.58. The average molecular weight is 354 g/mol. The Bertz CT molecular complexity index is 743. The molecular weight excluding hydrogens is 328 g/mol. The van der Waals surface area contributed by atoms with Crippen LogP contribution in [0.4, 0.5) is 0 Å². The molecule has 6 nitrogen and oxygen atoms in total. The maximum Gasteiger partial charge on any atom is 0.254 e. The molecule has 1 aliphatic heterocycles. The van der Waals surface area contributed by atoms with E-state index in [1.165, 1.54) is 10.6 Å². The van der Waals surface area contributed by atoms with E-state index in [4.69, 9.17) is 4.74 Å².